The summed E-state index contributed by atoms with van der Waals surface area (Å²) in [4.78, 5) is 0. The maximum Gasteiger partial charge on any atom is 0.0582 e. The SMILES string of the molecule is CC(C)C(CCc1ccccc1)N[C@H](C)CO. The molecule has 2 heteroatoms. The zero-order valence-electron chi connectivity index (χ0n) is 11.2. The van der Waals surface area contributed by atoms with Crippen molar-refractivity contribution in [2.75, 3.05) is 6.61 Å². The van der Waals surface area contributed by atoms with E-state index in [4.69, 9.17) is 5.11 Å². The third-order valence-electron chi connectivity index (χ3n) is 3.16. The van der Waals surface area contributed by atoms with Crippen molar-refractivity contribution in [1.29, 1.82) is 0 Å². The van der Waals surface area contributed by atoms with Crippen molar-refractivity contribution in [2.24, 2.45) is 5.92 Å². The van der Waals surface area contributed by atoms with E-state index in [0.29, 0.717) is 12.0 Å². The fraction of sp³-hybridized carbons (Fsp3) is 0.600. The van der Waals surface area contributed by atoms with Crippen LogP contribution in [0.1, 0.15) is 32.8 Å². The predicted molar refractivity (Wildman–Crippen MR) is 73.1 cm³/mol. The number of hydrogen-bond acceptors (Lipinski definition) is 2. The summed E-state index contributed by atoms with van der Waals surface area (Å²) in [7, 11) is 0. The molecule has 2 nitrogen and oxygen atoms in total. The van der Waals surface area contributed by atoms with Crippen molar-refractivity contribution in [1.82, 2.24) is 5.32 Å². The lowest BCUT2D eigenvalue weighted by atomic mass is 9.96. The molecule has 0 aliphatic carbocycles. The second-order valence-corrected chi connectivity index (χ2v) is 5.13. The Balaban J connectivity index is 2.45. The van der Waals surface area contributed by atoms with E-state index in [1.807, 2.05) is 6.92 Å². The minimum absolute atomic E-state index is 0.179. The van der Waals surface area contributed by atoms with Crippen LogP contribution in [0.2, 0.25) is 0 Å². The maximum absolute atomic E-state index is 9.09. The molecule has 0 amide bonds. The van der Waals surface area contributed by atoms with E-state index in [0.717, 1.165) is 12.8 Å². The molecule has 0 aliphatic heterocycles. The van der Waals surface area contributed by atoms with Gasteiger partial charge in [0.25, 0.3) is 0 Å². The molecule has 0 saturated carbocycles. The number of aliphatic hydroxyl groups excluding tert-OH is 1. The standard InChI is InChI=1S/C15H25NO/c1-12(2)15(16-13(3)11-17)10-9-14-7-5-4-6-8-14/h4-8,12-13,15-17H,9-11H2,1-3H3/t13-,15?/m1/s1. The monoisotopic (exact) mass is 235 g/mol. The van der Waals surface area contributed by atoms with Gasteiger partial charge in [0.15, 0.2) is 0 Å². The van der Waals surface area contributed by atoms with Crippen LogP contribution in [0.25, 0.3) is 0 Å². The number of hydrogen-bond donors (Lipinski definition) is 2. The number of nitrogens with one attached hydrogen (secondary N) is 1. The number of aliphatic hydroxyl groups is 1. The quantitative estimate of drug-likeness (QED) is 0.761. The fourth-order valence-corrected chi connectivity index (χ4v) is 1.99. The molecule has 0 aromatic heterocycles. The Bertz CT molecular complexity index is 297. The second kappa shape index (κ2) is 7.46. The molecule has 0 bridgehead atoms. The molecule has 0 heterocycles. The van der Waals surface area contributed by atoms with Gasteiger partial charge in [-0.25, -0.2) is 0 Å². The molecular formula is C15H25NO. The lowest BCUT2D eigenvalue weighted by Gasteiger charge is -2.25. The molecule has 2 N–H and O–H groups in total. The molecule has 96 valence electrons. The number of aryl methyl sites for hydroxylation is 1. The first-order chi connectivity index (χ1) is 8.13. The van der Waals surface area contributed by atoms with E-state index >= 15 is 0 Å². The van der Waals surface area contributed by atoms with Crippen LogP contribution in [0.5, 0.6) is 0 Å². The molecule has 0 fully saturated rings. The summed E-state index contributed by atoms with van der Waals surface area (Å²) >= 11 is 0. The third-order valence-corrected chi connectivity index (χ3v) is 3.16. The van der Waals surface area contributed by atoms with E-state index in [1.165, 1.54) is 5.56 Å². The Morgan fingerprint density at radius 3 is 2.29 bits per heavy atom. The van der Waals surface area contributed by atoms with Gasteiger partial charge < -0.3 is 10.4 Å². The summed E-state index contributed by atoms with van der Waals surface area (Å²) in [6.07, 6.45) is 2.21. The molecule has 0 saturated heterocycles. The van der Waals surface area contributed by atoms with Gasteiger partial charge in [0.2, 0.25) is 0 Å². The molecule has 0 radical (unpaired) electrons. The maximum atomic E-state index is 9.09. The van der Waals surface area contributed by atoms with Crippen LogP contribution in [0, 0.1) is 5.92 Å². The highest BCUT2D eigenvalue weighted by atomic mass is 16.3. The summed E-state index contributed by atoms with van der Waals surface area (Å²) in [5.41, 5.74) is 1.39. The van der Waals surface area contributed by atoms with Crippen LogP contribution >= 0.6 is 0 Å². The molecule has 1 unspecified atom stereocenters. The summed E-state index contributed by atoms with van der Waals surface area (Å²) < 4.78 is 0. The highest BCUT2D eigenvalue weighted by Crippen LogP contribution is 2.11. The summed E-state index contributed by atoms with van der Waals surface area (Å²) in [6, 6.07) is 11.2. The Hall–Kier alpha value is -0.860. The van der Waals surface area contributed by atoms with Gasteiger partial charge in [0.1, 0.15) is 0 Å². The molecule has 1 rings (SSSR count). The van der Waals surface area contributed by atoms with Gasteiger partial charge in [-0.05, 0) is 31.2 Å². The van der Waals surface area contributed by atoms with Crippen LogP contribution in [0.4, 0.5) is 0 Å². The third kappa shape index (κ3) is 5.33. The van der Waals surface area contributed by atoms with Crippen LogP contribution < -0.4 is 5.32 Å². The molecule has 17 heavy (non-hydrogen) atoms. The fourth-order valence-electron chi connectivity index (χ4n) is 1.99. The number of benzene rings is 1. The zero-order valence-corrected chi connectivity index (χ0v) is 11.2. The first-order valence-electron chi connectivity index (χ1n) is 6.54. The summed E-state index contributed by atoms with van der Waals surface area (Å²) in [5.74, 6) is 0.590. The van der Waals surface area contributed by atoms with Crippen molar-refractivity contribution < 1.29 is 5.11 Å². The highest BCUT2D eigenvalue weighted by molar-refractivity contribution is 5.14. The summed E-state index contributed by atoms with van der Waals surface area (Å²) in [5, 5.41) is 12.6. The van der Waals surface area contributed by atoms with E-state index in [-0.39, 0.29) is 12.6 Å². The van der Waals surface area contributed by atoms with Crippen molar-refractivity contribution in [3.8, 4) is 0 Å². The Morgan fingerprint density at radius 1 is 1.12 bits per heavy atom. The topological polar surface area (TPSA) is 32.3 Å². The zero-order chi connectivity index (χ0) is 12.7. The van der Waals surface area contributed by atoms with Crippen molar-refractivity contribution in [2.45, 2.75) is 45.7 Å². The summed E-state index contributed by atoms with van der Waals surface area (Å²) in [6.45, 7) is 6.69. The Labute approximate surface area is 105 Å². The lowest BCUT2D eigenvalue weighted by Crippen LogP contribution is -2.42. The van der Waals surface area contributed by atoms with E-state index in [2.05, 4.69) is 49.5 Å². The van der Waals surface area contributed by atoms with Gasteiger partial charge in [0.05, 0.1) is 6.61 Å². The van der Waals surface area contributed by atoms with Crippen molar-refractivity contribution in [3.63, 3.8) is 0 Å². The van der Waals surface area contributed by atoms with Crippen LogP contribution in [0.3, 0.4) is 0 Å². The highest BCUT2D eigenvalue weighted by Gasteiger charge is 2.15. The minimum Gasteiger partial charge on any atom is -0.395 e. The van der Waals surface area contributed by atoms with Crippen molar-refractivity contribution in [3.05, 3.63) is 35.9 Å². The van der Waals surface area contributed by atoms with Gasteiger partial charge in [-0.15, -0.1) is 0 Å². The van der Waals surface area contributed by atoms with Crippen molar-refractivity contribution >= 4 is 0 Å². The Kier molecular flexibility index (Phi) is 6.23. The molecule has 1 aromatic carbocycles. The number of rotatable bonds is 7. The normalized spacial score (nSPS) is 14.9. The molecule has 0 spiro atoms. The van der Waals surface area contributed by atoms with E-state index in [1.54, 1.807) is 0 Å². The molecular weight excluding hydrogens is 210 g/mol. The first-order valence-corrected chi connectivity index (χ1v) is 6.54. The van der Waals surface area contributed by atoms with Gasteiger partial charge in [0, 0.05) is 12.1 Å². The van der Waals surface area contributed by atoms with Gasteiger partial charge >= 0.3 is 0 Å². The predicted octanol–water partition coefficient (Wildman–Crippen LogP) is 2.61. The lowest BCUT2D eigenvalue weighted by molar-refractivity contribution is 0.225. The van der Waals surface area contributed by atoms with Crippen LogP contribution in [-0.2, 0) is 6.42 Å². The van der Waals surface area contributed by atoms with Gasteiger partial charge in [-0.2, -0.15) is 0 Å². The average molecular weight is 235 g/mol. The molecule has 1 aromatic rings. The largest absolute Gasteiger partial charge is 0.395 e. The molecule has 2 atom stereocenters. The van der Waals surface area contributed by atoms with Crippen LogP contribution in [-0.4, -0.2) is 23.8 Å². The second-order valence-electron chi connectivity index (χ2n) is 5.13. The van der Waals surface area contributed by atoms with Crippen LogP contribution in [0.15, 0.2) is 30.3 Å². The average Bonchev–Trinajstić information content (AvgIpc) is 2.35. The Morgan fingerprint density at radius 2 is 1.76 bits per heavy atom. The first kappa shape index (κ1) is 14.2. The minimum atomic E-state index is 0.179. The van der Waals surface area contributed by atoms with E-state index < -0.39 is 0 Å². The smallest absolute Gasteiger partial charge is 0.0582 e. The molecule has 0 aliphatic rings. The van der Waals surface area contributed by atoms with Gasteiger partial charge in [-0.1, -0.05) is 44.2 Å². The van der Waals surface area contributed by atoms with Gasteiger partial charge in [-0.3, -0.25) is 0 Å². The van der Waals surface area contributed by atoms with E-state index in [9.17, 15) is 0 Å².